The van der Waals surface area contributed by atoms with Gasteiger partial charge >= 0.3 is 0 Å². The Balaban J connectivity index is 1.99. The number of anilines is 1. The second-order valence-electron chi connectivity index (χ2n) is 4.15. The highest BCUT2D eigenvalue weighted by molar-refractivity contribution is 5.47. The molecule has 0 spiro atoms. The molecule has 0 atom stereocenters. The van der Waals surface area contributed by atoms with E-state index in [9.17, 15) is 0 Å². The van der Waals surface area contributed by atoms with Crippen LogP contribution in [0.5, 0.6) is 11.5 Å². The van der Waals surface area contributed by atoms with E-state index in [1.54, 1.807) is 0 Å². The lowest BCUT2D eigenvalue weighted by Gasteiger charge is -2.08. The first kappa shape index (κ1) is 12.5. The first-order chi connectivity index (χ1) is 8.78. The van der Waals surface area contributed by atoms with E-state index in [0.29, 0.717) is 6.54 Å². The van der Waals surface area contributed by atoms with Crippen LogP contribution >= 0.6 is 0 Å². The molecule has 2 aromatic carbocycles. The second-order valence-corrected chi connectivity index (χ2v) is 4.15. The molecule has 0 heterocycles. The molecule has 0 bridgehead atoms. The largest absolute Gasteiger partial charge is 0.457 e. The normalized spacial score (nSPS) is 10.1. The van der Waals surface area contributed by atoms with E-state index in [-0.39, 0.29) is 0 Å². The highest BCUT2D eigenvalue weighted by Gasteiger charge is 1.97. The summed E-state index contributed by atoms with van der Waals surface area (Å²) in [6.07, 6.45) is 0. The van der Waals surface area contributed by atoms with Crippen molar-refractivity contribution >= 4 is 5.69 Å². The van der Waals surface area contributed by atoms with Crippen molar-refractivity contribution in [1.29, 1.82) is 0 Å². The molecule has 2 aromatic rings. The van der Waals surface area contributed by atoms with E-state index in [4.69, 9.17) is 10.5 Å². The molecule has 2 rings (SSSR count). The summed E-state index contributed by atoms with van der Waals surface area (Å²) in [6.45, 7) is 3.46. The van der Waals surface area contributed by atoms with Crippen LogP contribution in [0, 0.1) is 6.92 Å². The lowest BCUT2D eigenvalue weighted by molar-refractivity contribution is 0.482. The molecule has 3 heteroatoms. The van der Waals surface area contributed by atoms with Crippen molar-refractivity contribution in [2.75, 3.05) is 18.4 Å². The molecule has 0 aromatic heterocycles. The van der Waals surface area contributed by atoms with E-state index in [1.165, 1.54) is 5.56 Å². The molecule has 0 fully saturated rings. The highest BCUT2D eigenvalue weighted by Crippen LogP contribution is 2.23. The van der Waals surface area contributed by atoms with Gasteiger partial charge in [-0.25, -0.2) is 0 Å². The summed E-state index contributed by atoms with van der Waals surface area (Å²) in [4.78, 5) is 0. The van der Waals surface area contributed by atoms with Gasteiger partial charge in [-0.15, -0.1) is 0 Å². The van der Waals surface area contributed by atoms with E-state index in [2.05, 4.69) is 12.2 Å². The molecular formula is C15H18N2O. The Labute approximate surface area is 108 Å². The maximum atomic E-state index is 5.74. The van der Waals surface area contributed by atoms with E-state index >= 15 is 0 Å². The molecule has 3 nitrogen and oxygen atoms in total. The minimum Gasteiger partial charge on any atom is -0.457 e. The summed E-state index contributed by atoms with van der Waals surface area (Å²) in [5.41, 5.74) is 7.71. The molecule has 0 saturated heterocycles. The molecule has 94 valence electrons. The van der Waals surface area contributed by atoms with Gasteiger partial charge in [0.2, 0.25) is 0 Å². The lowest BCUT2D eigenvalue weighted by Crippen LogP contribution is -2.12. The number of nitrogens with one attached hydrogen (secondary N) is 1. The monoisotopic (exact) mass is 242 g/mol. The zero-order chi connectivity index (χ0) is 12.8. The van der Waals surface area contributed by atoms with Gasteiger partial charge in [-0.1, -0.05) is 17.7 Å². The van der Waals surface area contributed by atoms with Crippen molar-refractivity contribution in [2.45, 2.75) is 6.92 Å². The van der Waals surface area contributed by atoms with Gasteiger partial charge in [0.15, 0.2) is 0 Å². The van der Waals surface area contributed by atoms with Crippen molar-refractivity contribution in [3.05, 3.63) is 54.1 Å². The first-order valence-corrected chi connectivity index (χ1v) is 6.06. The van der Waals surface area contributed by atoms with Crippen LogP contribution in [-0.4, -0.2) is 13.1 Å². The van der Waals surface area contributed by atoms with Gasteiger partial charge in [0, 0.05) is 18.8 Å². The smallest absolute Gasteiger partial charge is 0.127 e. The van der Waals surface area contributed by atoms with Crippen LogP contribution < -0.4 is 15.8 Å². The third kappa shape index (κ3) is 3.50. The number of hydrogen-bond acceptors (Lipinski definition) is 3. The van der Waals surface area contributed by atoms with Gasteiger partial charge in [-0.3, -0.25) is 0 Å². The zero-order valence-electron chi connectivity index (χ0n) is 10.5. The highest BCUT2D eigenvalue weighted by atomic mass is 16.5. The third-order valence-corrected chi connectivity index (χ3v) is 2.58. The fraction of sp³-hybridized carbons (Fsp3) is 0.200. The predicted octanol–water partition coefficient (Wildman–Crippen LogP) is 3.16. The number of benzene rings is 2. The van der Waals surface area contributed by atoms with Crippen LogP contribution in [0.3, 0.4) is 0 Å². The summed E-state index contributed by atoms with van der Waals surface area (Å²) in [7, 11) is 0. The van der Waals surface area contributed by atoms with Crippen LogP contribution in [0.2, 0.25) is 0 Å². The molecule has 18 heavy (non-hydrogen) atoms. The van der Waals surface area contributed by atoms with Gasteiger partial charge in [0.05, 0.1) is 0 Å². The molecule has 0 amide bonds. The number of hydrogen-bond donors (Lipinski definition) is 2. The fourth-order valence-electron chi connectivity index (χ4n) is 1.60. The van der Waals surface area contributed by atoms with Crippen LogP contribution in [-0.2, 0) is 0 Å². The number of rotatable bonds is 5. The van der Waals surface area contributed by atoms with Gasteiger partial charge in [0.25, 0.3) is 0 Å². The molecule has 0 saturated carbocycles. The van der Waals surface area contributed by atoms with Crippen molar-refractivity contribution in [2.24, 2.45) is 5.73 Å². The quantitative estimate of drug-likeness (QED) is 0.846. The second kappa shape index (κ2) is 6.07. The fourth-order valence-corrected chi connectivity index (χ4v) is 1.60. The van der Waals surface area contributed by atoms with Crippen LogP contribution in [0.4, 0.5) is 5.69 Å². The maximum Gasteiger partial charge on any atom is 0.127 e. The Bertz CT molecular complexity index is 477. The minimum absolute atomic E-state index is 0.627. The SMILES string of the molecule is Cc1ccc(Oc2ccc(NCCN)cc2)cc1. The van der Waals surface area contributed by atoms with Gasteiger partial charge < -0.3 is 15.8 Å². The van der Waals surface area contributed by atoms with Crippen molar-refractivity contribution in [1.82, 2.24) is 0 Å². The molecule has 0 aliphatic carbocycles. The van der Waals surface area contributed by atoms with Crippen LogP contribution in [0.15, 0.2) is 48.5 Å². The molecular weight excluding hydrogens is 224 g/mol. The summed E-state index contributed by atoms with van der Waals surface area (Å²) in [5, 5.41) is 3.21. The van der Waals surface area contributed by atoms with Crippen molar-refractivity contribution in [3.63, 3.8) is 0 Å². The Morgan fingerprint density at radius 2 is 1.50 bits per heavy atom. The van der Waals surface area contributed by atoms with E-state index in [1.807, 2.05) is 48.5 Å². The topological polar surface area (TPSA) is 47.3 Å². The zero-order valence-corrected chi connectivity index (χ0v) is 10.5. The van der Waals surface area contributed by atoms with Gasteiger partial charge in [0.1, 0.15) is 11.5 Å². The predicted molar refractivity (Wildman–Crippen MR) is 75.2 cm³/mol. The van der Waals surface area contributed by atoms with Crippen molar-refractivity contribution < 1.29 is 4.74 Å². The molecule has 0 aliphatic rings. The average molecular weight is 242 g/mol. The summed E-state index contributed by atoms with van der Waals surface area (Å²) in [6, 6.07) is 15.9. The van der Waals surface area contributed by atoms with Crippen LogP contribution in [0.1, 0.15) is 5.56 Å². The summed E-state index contributed by atoms with van der Waals surface area (Å²) >= 11 is 0. The molecule has 0 aliphatic heterocycles. The first-order valence-electron chi connectivity index (χ1n) is 6.06. The molecule has 0 radical (unpaired) electrons. The van der Waals surface area contributed by atoms with Crippen LogP contribution in [0.25, 0.3) is 0 Å². The Kier molecular flexibility index (Phi) is 4.20. The molecule has 3 N–H and O–H groups in total. The summed E-state index contributed by atoms with van der Waals surface area (Å²) in [5.74, 6) is 1.68. The number of nitrogens with two attached hydrogens (primary N) is 1. The minimum atomic E-state index is 0.627. The standard InChI is InChI=1S/C15H18N2O/c1-12-2-6-14(7-3-12)18-15-8-4-13(5-9-15)17-11-10-16/h2-9,17H,10-11,16H2,1H3. The number of ether oxygens (including phenoxy) is 1. The number of aryl methyl sites for hydroxylation is 1. The Morgan fingerprint density at radius 3 is 2.06 bits per heavy atom. The summed E-state index contributed by atoms with van der Waals surface area (Å²) < 4.78 is 5.74. The lowest BCUT2D eigenvalue weighted by atomic mass is 10.2. The van der Waals surface area contributed by atoms with E-state index in [0.717, 1.165) is 23.7 Å². The Hall–Kier alpha value is -2.00. The van der Waals surface area contributed by atoms with E-state index < -0.39 is 0 Å². The van der Waals surface area contributed by atoms with Gasteiger partial charge in [-0.2, -0.15) is 0 Å². The maximum absolute atomic E-state index is 5.74. The van der Waals surface area contributed by atoms with Crippen molar-refractivity contribution in [3.8, 4) is 11.5 Å². The third-order valence-electron chi connectivity index (χ3n) is 2.58. The van der Waals surface area contributed by atoms with Gasteiger partial charge in [-0.05, 0) is 43.3 Å². The average Bonchev–Trinajstić information content (AvgIpc) is 2.41. The molecule has 0 unspecified atom stereocenters. The Morgan fingerprint density at radius 1 is 0.944 bits per heavy atom.